The third-order valence-electron chi connectivity index (χ3n) is 5.66. The standard InChI is InChI=1S/C21H16N2O5S/c1-25-20-22-8-12(29-20)9-23-15-5-3-2-4-13(15)21(19(23)24)10-26-16-7-18-17(6-14(16)21)27-11-28-18/h2-8H,9-11H2,1H3. The number of amides is 1. The molecule has 0 fully saturated rings. The van der Waals surface area contributed by atoms with Gasteiger partial charge in [-0.15, -0.1) is 0 Å². The molecule has 6 rings (SSSR count). The van der Waals surface area contributed by atoms with E-state index in [1.807, 2.05) is 41.3 Å². The zero-order valence-electron chi connectivity index (χ0n) is 15.5. The van der Waals surface area contributed by atoms with Crippen LogP contribution < -0.4 is 23.8 Å². The Balaban J connectivity index is 1.48. The molecule has 3 aliphatic heterocycles. The van der Waals surface area contributed by atoms with Crippen LogP contribution >= 0.6 is 11.3 Å². The lowest BCUT2D eigenvalue weighted by atomic mass is 9.77. The van der Waals surface area contributed by atoms with Gasteiger partial charge in [0.05, 0.1) is 13.7 Å². The highest BCUT2D eigenvalue weighted by molar-refractivity contribution is 7.13. The molecule has 1 aromatic heterocycles. The Labute approximate surface area is 170 Å². The van der Waals surface area contributed by atoms with Crippen LogP contribution in [0.5, 0.6) is 22.4 Å². The summed E-state index contributed by atoms with van der Waals surface area (Å²) in [5.74, 6) is 1.94. The summed E-state index contributed by atoms with van der Waals surface area (Å²) in [6, 6.07) is 11.6. The van der Waals surface area contributed by atoms with Gasteiger partial charge in [0.25, 0.3) is 5.19 Å². The van der Waals surface area contributed by atoms with Crippen molar-refractivity contribution in [1.82, 2.24) is 4.98 Å². The summed E-state index contributed by atoms with van der Waals surface area (Å²) in [6.45, 7) is 0.858. The van der Waals surface area contributed by atoms with E-state index in [1.165, 1.54) is 11.3 Å². The summed E-state index contributed by atoms with van der Waals surface area (Å²) in [5, 5.41) is 0.580. The van der Waals surface area contributed by atoms with Gasteiger partial charge in [0, 0.05) is 28.4 Å². The smallest absolute Gasteiger partial charge is 0.273 e. The molecule has 0 saturated carbocycles. The molecule has 3 aromatic rings. The van der Waals surface area contributed by atoms with Gasteiger partial charge in [-0.25, -0.2) is 4.98 Å². The zero-order chi connectivity index (χ0) is 19.6. The fraction of sp³-hybridized carbons (Fsp3) is 0.238. The van der Waals surface area contributed by atoms with Crippen LogP contribution in [0.25, 0.3) is 0 Å². The Hall–Kier alpha value is -3.26. The van der Waals surface area contributed by atoms with Crippen molar-refractivity contribution in [3.63, 3.8) is 0 Å². The van der Waals surface area contributed by atoms with Crippen molar-refractivity contribution in [3.8, 4) is 22.4 Å². The molecule has 1 spiro atoms. The Morgan fingerprint density at radius 1 is 1.14 bits per heavy atom. The van der Waals surface area contributed by atoms with E-state index in [0.717, 1.165) is 21.7 Å². The lowest BCUT2D eigenvalue weighted by molar-refractivity contribution is -0.122. The third-order valence-corrected chi connectivity index (χ3v) is 6.61. The molecule has 8 heteroatoms. The number of fused-ring (bicyclic) bond motifs is 5. The quantitative estimate of drug-likeness (QED) is 0.663. The Morgan fingerprint density at radius 2 is 1.97 bits per heavy atom. The first-order valence-electron chi connectivity index (χ1n) is 9.18. The van der Waals surface area contributed by atoms with Gasteiger partial charge in [-0.05, 0) is 17.7 Å². The number of para-hydroxylation sites is 1. The van der Waals surface area contributed by atoms with Gasteiger partial charge in [-0.1, -0.05) is 29.5 Å². The van der Waals surface area contributed by atoms with Gasteiger partial charge in [0.15, 0.2) is 11.5 Å². The van der Waals surface area contributed by atoms with Crippen molar-refractivity contribution in [1.29, 1.82) is 0 Å². The lowest BCUT2D eigenvalue weighted by Gasteiger charge is -2.22. The van der Waals surface area contributed by atoms with Crippen LogP contribution in [0.2, 0.25) is 0 Å². The van der Waals surface area contributed by atoms with E-state index < -0.39 is 5.41 Å². The van der Waals surface area contributed by atoms with Crippen LogP contribution in [0, 0.1) is 0 Å². The van der Waals surface area contributed by atoms with Gasteiger partial charge < -0.3 is 23.8 Å². The maximum absolute atomic E-state index is 13.9. The highest BCUT2D eigenvalue weighted by Gasteiger charge is 2.57. The molecule has 4 heterocycles. The molecule has 7 nitrogen and oxygen atoms in total. The molecule has 1 unspecified atom stereocenters. The summed E-state index contributed by atoms with van der Waals surface area (Å²) in [4.78, 5) is 20.8. The van der Waals surface area contributed by atoms with Crippen LogP contribution in [-0.4, -0.2) is 31.4 Å². The van der Waals surface area contributed by atoms with E-state index in [0.29, 0.717) is 29.0 Å². The Kier molecular flexibility index (Phi) is 3.37. The van der Waals surface area contributed by atoms with E-state index in [9.17, 15) is 4.79 Å². The summed E-state index contributed by atoms with van der Waals surface area (Å²) < 4.78 is 22.2. The molecule has 0 saturated heterocycles. The topological polar surface area (TPSA) is 70.1 Å². The number of hydrogen-bond donors (Lipinski definition) is 0. The zero-order valence-corrected chi connectivity index (χ0v) is 16.3. The molecule has 3 aliphatic rings. The number of anilines is 1. The van der Waals surface area contributed by atoms with E-state index in [2.05, 4.69) is 4.98 Å². The number of hydrogen-bond acceptors (Lipinski definition) is 7. The maximum atomic E-state index is 13.9. The summed E-state index contributed by atoms with van der Waals surface area (Å²) in [6.07, 6.45) is 1.75. The van der Waals surface area contributed by atoms with E-state index in [-0.39, 0.29) is 19.3 Å². The predicted molar refractivity (Wildman–Crippen MR) is 105 cm³/mol. The second-order valence-electron chi connectivity index (χ2n) is 7.10. The Bertz CT molecular complexity index is 1160. The third kappa shape index (κ3) is 2.17. The maximum Gasteiger partial charge on any atom is 0.273 e. The van der Waals surface area contributed by atoms with Crippen molar-refractivity contribution in [3.05, 3.63) is 58.6 Å². The fourth-order valence-corrected chi connectivity index (χ4v) is 5.05. The number of thiazole rings is 1. The monoisotopic (exact) mass is 408 g/mol. The molecule has 0 radical (unpaired) electrons. The van der Waals surface area contributed by atoms with E-state index >= 15 is 0 Å². The predicted octanol–water partition coefficient (Wildman–Crippen LogP) is 3.11. The normalized spacial score (nSPS) is 20.7. The van der Waals surface area contributed by atoms with Crippen LogP contribution in [0.3, 0.4) is 0 Å². The highest BCUT2D eigenvalue weighted by Crippen LogP contribution is 2.55. The van der Waals surface area contributed by atoms with Gasteiger partial charge in [-0.2, -0.15) is 0 Å². The van der Waals surface area contributed by atoms with Crippen molar-refractivity contribution in [2.24, 2.45) is 0 Å². The number of ether oxygens (including phenoxy) is 4. The number of rotatable bonds is 3. The van der Waals surface area contributed by atoms with Gasteiger partial charge >= 0.3 is 0 Å². The van der Waals surface area contributed by atoms with Crippen molar-refractivity contribution >= 4 is 22.9 Å². The van der Waals surface area contributed by atoms with Crippen molar-refractivity contribution in [2.75, 3.05) is 25.4 Å². The molecule has 2 aromatic carbocycles. The average Bonchev–Trinajstić information content (AvgIpc) is 3.51. The Morgan fingerprint density at radius 3 is 2.79 bits per heavy atom. The molecule has 146 valence electrons. The number of carbonyl (C=O) groups excluding carboxylic acids is 1. The number of benzene rings is 2. The first-order valence-corrected chi connectivity index (χ1v) is 9.99. The molecule has 0 aliphatic carbocycles. The summed E-state index contributed by atoms with van der Waals surface area (Å²) in [7, 11) is 1.59. The first kappa shape index (κ1) is 16.7. The van der Waals surface area contributed by atoms with Crippen LogP contribution in [-0.2, 0) is 16.8 Å². The number of carbonyl (C=O) groups is 1. The summed E-state index contributed by atoms with van der Waals surface area (Å²) >= 11 is 1.43. The first-order chi connectivity index (χ1) is 14.2. The van der Waals surface area contributed by atoms with Crippen LogP contribution in [0.1, 0.15) is 16.0 Å². The van der Waals surface area contributed by atoms with Gasteiger partial charge in [0.1, 0.15) is 17.8 Å². The van der Waals surface area contributed by atoms with Gasteiger partial charge in [0.2, 0.25) is 12.7 Å². The number of aromatic nitrogens is 1. The number of nitrogens with zero attached hydrogens (tertiary/aromatic N) is 2. The molecule has 0 bridgehead atoms. The molecule has 1 atom stereocenters. The lowest BCUT2D eigenvalue weighted by Crippen LogP contribution is -2.42. The fourth-order valence-electron chi connectivity index (χ4n) is 4.33. The van der Waals surface area contributed by atoms with Crippen LogP contribution in [0.15, 0.2) is 42.6 Å². The average molecular weight is 408 g/mol. The SMILES string of the molecule is COc1ncc(CN2C(=O)C3(COc4cc5c(cc43)OCO5)c3ccccc32)s1. The van der Waals surface area contributed by atoms with Crippen molar-refractivity contribution < 1.29 is 23.7 Å². The largest absolute Gasteiger partial charge is 0.491 e. The number of methoxy groups -OCH3 is 1. The minimum atomic E-state index is -0.887. The second kappa shape index (κ2) is 5.87. The van der Waals surface area contributed by atoms with Crippen molar-refractivity contribution in [2.45, 2.75) is 12.0 Å². The molecule has 29 heavy (non-hydrogen) atoms. The van der Waals surface area contributed by atoms with E-state index in [4.69, 9.17) is 18.9 Å². The highest BCUT2D eigenvalue weighted by atomic mass is 32.1. The molecular weight excluding hydrogens is 392 g/mol. The summed E-state index contributed by atoms with van der Waals surface area (Å²) in [5.41, 5.74) is 1.77. The second-order valence-corrected chi connectivity index (χ2v) is 8.18. The van der Waals surface area contributed by atoms with Gasteiger partial charge in [-0.3, -0.25) is 4.79 Å². The minimum absolute atomic E-state index is 0.0105. The van der Waals surface area contributed by atoms with Crippen LogP contribution in [0.4, 0.5) is 5.69 Å². The molecule has 0 N–H and O–H groups in total. The van der Waals surface area contributed by atoms with E-state index in [1.54, 1.807) is 13.3 Å². The molecular formula is C21H16N2O5S. The molecule has 1 amide bonds. The minimum Gasteiger partial charge on any atom is -0.491 e.